The molecule has 3 N–H and O–H groups in total. The van der Waals surface area contributed by atoms with Gasteiger partial charge in [0.1, 0.15) is 24.2 Å². The van der Waals surface area contributed by atoms with E-state index in [0.29, 0.717) is 12.3 Å². The quantitative estimate of drug-likeness (QED) is 0.753. The summed E-state index contributed by atoms with van der Waals surface area (Å²) in [5.74, 6) is 1.44. The van der Waals surface area contributed by atoms with Crippen LogP contribution >= 0.6 is 0 Å². The first-order valence-corrected chi connectivity index (χ1v) is 10.4. The molecule has 7 heteroatoms. The molecule has 7 nitrogen and oxygen atoms in total. The van der Waals surface area contributed by atoms with E-state index < -0.39 is 0 Å². The second-order valence-electron chi connectivity index (χ2n) is 8.62. The molecule has 1 aromatic carbocycles. The highest BCUT2D eigenvalue weighted by atomic mass is 16.6. The van der Waals surface area contributed by atoms with E-state index in [-0.39, 0.29) is 36.0 Å². The zero-order valence-electron chi connectivity index (χ0n) is 16.8. The highest BCUT2D eigenvalue weighted by Gasteiger charge is 2.49. The van der Waals surface area contributed by atoms with Gasteiger partial charge in [0.15, 0.2) is 0 Å². The number of fused-ring (bicyclic) bond motifs is 1. The molecule has 1 aliphatic carbocycles. The number of rotatable bonds is 5. The number of nitrogens with zero attached hydrogens (tertiary/aromatic N) is 1. The Kier molecular flexibility index (Phi) is 4.40. The number of nitrogens with two attached hydrogens (primary N) is 1. The molecule has 2 aliphatic heterocycles. The second-order valence-corrected chi connectivity index (χ2v) is 8.62. The highest BCUT2D eigenvalue weighted by molar-refractivity contribution is 5.89. The van der Waals surface area contributed by atoms with Crippen LogP contribution in [0.15, 0.2) is 24.4 Å². The first-order chi connectivity index (χ1) is 13.9. The number of amides is 1. The summed E-state index contributed by atoms with van der Waals surface area (Å²) in [6, 6.07) is 6.00. The summed E-state index contributed by atoms with van der Waals surface area (Å²) in [5, 5.41) is 5.08. The Balaban J connectivity index is 1.52. The number of hydrogen-bond donors (Lipinski definition) is 2. The first-order valence-electron chi connectivity index (χ1n) is 10.4. The molecule has 1 spiro atoms. The van der Waals surface area contributed by atoms with E-state index in [0.717, 1.165) is 47.8 Å². The number of carbonyl (C=O) groups excluding carboxylic acids is 1. The molecule has 3 aliphatic rings. The molecule has 0 radical (unpaired) electrons. The maximum Gasteiger partial charge on any atom is 0.221 e. The fraction of sp³-hybridized carbons (Fsp3) is 0.545. The van der Waals surface area contributed by atoms with Crippen LogP contribution in [0.25, 0.3) is 10.8 Å². The zero-order chi connectivity index (χ0) is 20.2. The molecule has 1 saturated carbocycles. The van der Waals surface area contributed by atoms with E-state index in [9.17, 15) is 4.79 Å². The van der Waals surface area contributed by atoms with Crippen molar-refractivity contribution in [3.63, 3.8) is 0 Å². The molecular weight excluding hydrogens is 370 g/mol. The smallest absolute Gasteiger partial charge is 0.221 e. The van der Waals surface area contributed by atoms with Crippen molar-refractivity contribution in [3.8, 4) is 11.6 Å². The van der Waals surface area contributed by atoms with Gasteiger partial charge >= 0.3 is 0 Å². The lowest BCUT2D eigenvalue weighted by atomic mass is 9.93. The summed E-state index contributed by atoms with van der Waals surface area (Å²) in [5.41, 5.74) is 6.61. The number of nitrogens with one attached hydrogen (secondary N) is 1. The van der Waals surface area contributed by atoms with Gasteiger partial charge < -0.3 is 25.3 Å². The van der Waals surface area contributed by atoms with E-state index >= 15 is 0 Å². The van der Waals surface area contributed by atoms with Crippen LogP contribution in [-0.4, -0.2) is 34.9 Å². The lowest BCUT2D eigenvalue weighted by Gasteiger charge is -2.31. The maximum atomic E-state index is 11.9. The van der Waals surface area contributed by atoms with Crippen LogP contribution in [-0.2, 0) is 9.53 Å². The van der Waals surface area contributed by atoms with Crippen LogP contribution in [0, 0.1) is 0 Å². The van der Waals surface area contributed by atoms with Gasteiger partial charge in [-0.1, -0.05) is 0 Å². The van der Waals surface area contributed by atoms with E-state index in [4.69, 9.17) is 19.9 Å². The zero-order valence-corrected chi connectivity index (χ0v) is 16.8. The summed E-state index contributed by atoms with van der Waals surface area (Å²) in [4.78, 5) is 16.4. The van der Waals surface area contributed by atoms with Crippen molar-refractivity contribution in [2.75, 3.05) is 0 Å². The Morgan fingerprint density at radius 2 is 2.17 bits per heavy atom. The van der Waals surface area contributed by atoms with Crippen molar-refractivity contribution in [3.05, 3.63) is 30.0 Å². The molecule has 1 aromatic heterocycles. The van der Waals surface area contributed by atoms with Crippen LogP contribution in [0.3, 0.4) is 0 Å². The standard InChI is InChI=1S/C22H27N3O4/c1-12(2)27-16-11-14-13(10-15(16)19-20(23)29-19)6-9-24-21(14)28-17-4-3-7-22(17)8-5-18(26)25-22/h6,9-12,17,19-20H,3-5,7-8,23H2,1-2H3,(H,25,26)/t17-,19?,20?,22+/m1/s1. The van der Waals surface area contributed by atoms with Crippen LogP contribution in [0.1, 0.15) is 57.6 Å². The van der Waals surface area contributed by atoms with Gasteiger partial charge in [0.25, 0.3) is 0 Å². The van der Waals surface area contributed by atoms with Crippen molar-refractivity contribution in [1.82, 2.24) is 10.3 Å². The summed E-state index contributed by atoms with van der Waals surface area (Å²) in [6.07, 6.45) is 5.58. The maximum absolute atomic E-state index is 11.9. The van der Waals surface area contributed by atoms with Crippen molar-refractivity contribution in [2.24, 2.45) is 5.73 Å². The molecule has 1 amide bonds. The van der Waals surface area contributed by atoms with Crippen LogP contribution < -0.4 is 20.5 Å². The van der Waals surface area contributed by atoms with Gasteiger partial charge in [-0.2, -0.15) is 0 Å². The molecular formula is C22H27N3O4. The normalized spacial score (nSPS) is 30.9. The fourth-order valence-corrected chi connectivity index (χ4v) is 4.75. The number of pyridine rings is 1. The van der Waals surface area contributed by atoms with Gasteiger partial charge in [-0.15, -0.1) is 0 Å². The van der Waals surface area contributed by atoms with Crippen molar-refractivity contribution in [1.29, 1.82) is 0 Å². The summed E-state index contributed by atoms with van der Waals surface area (Å²) in [7, 11) is 0. The Bertz CT molecular complexity index is 962. The molecule has 5 rings (SSSR count). The van der Waals surface area contributed by atoms with Gasteiger partial charge in [0.2, 0.25) is 11.8 Å². The van der Waals surface area contributed by atoms with Crippen LogP contribution in [0.2, 0.25) is 0 Å². The molecule has 2 aromatic rings. The number of ether oxygens (including phenoxy) is 3. The summed E-state index contributed by atoms with van der Waals surface area (Å²) < 4.78 is 18.0. The predicted octanol–water partition coefficient (Wildman–Crippen LogP) is 2.96. The van der Waals surface area contributed by atoms with E-state index in [1.807, 2.05) is 26.0 Å². The molecule has 3 heterocycles. The van der Waals surface area contributed by atoms with Crippen LogP contribution in [0.5, 0.6) is 11.6 Å². The molecule has 2 saturated heterocycles. The van der Waals surface area contributed by atoms with Crippen molar-refractivity contribution >= 4 is 16.7 Å². The minimum Gasteiger partial charge on any atom is -0.491 e. The van der Waals surface area contributed by atoms with E-state index in [1.54, 1.807) is 6.20 Å². The first kappa shape index (κ1) is 18.6. The number of epoxide rings is 1. The number of hydrogen-bond acceptors (Lipinski definition) is 6. The number of aromatic nitrogens is 1. The number of benzene rings is 1. The van der Waals surface area contributed by atoms with Crippen molar-refractivity contribution < 1.29 is 19.0 Å². The molecule has 154 valence electrons. The van der Waals surface area contributed by atoms with Gasteiger partial charge in [-0.05, 0) is 63.1 Å². The largest absolute Gasteiger partial charge is 0.491 e. The lowest BCUT2D eigenvalue weighted by molar-refractivity contribution is -0.120. The second kappa shape index (κ2) is 6.85. The minimum atomic E-state index is -0.288. The SMILES string of the molecule is CC(C)Oc1cc2c(O[C@@H]3CCC[C@]34CCC(=O)N4)nccc2cc1C1OC1N. The van der Waals surface area contributed by atoms with Gasteiger partial charge in [0.05, 0.1) is 11.6 Å². The Labute approximate surface area is 169 Å². The highest BCUT2D eigenvalue weighted by Crippen LogP contribution is 2.44. The van der Waals surface area contributed by atoms with Gasteiger partial charge in [0, 0.05) is 23.6 Å². The molecule has 0 bridgehead atoms. The lowest BCUT2D eigenvalue weighted by Crippen LogP contribution is -2.50. The summed E-state index contributed by atoms with van der Waals surface area (Å²) in [6.45, 7) is 3.99. The average Bonchev–Trinajstić information content (AvgIpc) is 3.09. The van der Waals surface area contributed by atoms with Gasteiger partial charge in [-0.3, -0.25) is 4.79 Å². The molecule has 2 unspecified atom stereocenters. The molecule has 3 fully saturated rings. The molecule has 29 heavy (non-hydrogen) atoms. The number of carbonyl (C=O) groups is 1. The Morgan fingerprint density at radius 1 is 1.34 bits per heavy atom. The van der Waals surface area contributed by atoms with Crippen molar-refractivity contribution in [2.45, 2.75) is 76.0 Å². The Morgan fingerprint density at radius 3 is 2.86 bits per heavy atom. The summed E-state index contributed by atoms with van der Waals surface area (Å²) >= 11 is 0. The predicted molar refractivity (Wildman–Crippen MR) is 108 cm³/mol. The monoisotopic (exact) mass is 397 g/mol. The van der Waals surface area contributed by atoms with Gasteiger partial charge in [-0.25, -0.2) is 4.98 Å². The topological polar surface area (TPSA) is 99.0 Å². The van der Waals surface area contributed by atoms with E-state index in [1.165, 1.54) is 0 Å². The molecule has 4 atom stereocenters. The Hall–Kier alpha value is -2.38. The third-order valence-corrected chi connectivity index (χ3v) is 6.20. The fourth-order valence-electron chi connectivity index (χ4n) is 4.75. The third kappa shape index (κ3) is 3.32. The van der Waals surface area contributed by atoms with Crippen LogP contribution in [0.4, 0.5) is 0 Å². The average molecular weight is 397 g/mol. The minimum absolute atomic E-state index is 0.0222. The third-order valence-electron chi connectivity index (χ3n) is 6.20. The van der Waals surface area contributed by atoms with E-state index in [2.05, 4.69) is 16.4 Å².